The zero-order valence-electron chi connectivity index (χ0n) is 33.1. The maximum atomic E-state index is 6.61. The van der Waals surface area contributed by atoms with Crippen LogP contribution in [0.3, 0.4) is 0 Å². The van der Waals surface area contributed by atoms with Crippen LogP contribution >= 0.6 is 11.3 Å². The van der Waals surface area contributed by atoms with Crippen LogP contribution < -0.4 is 4.90 Å². The Hall–Kier alpha value is -7.72. The van der Waals surface area contributed by atoms with Gasteiger partial charge in [0.05, 0.1) is 0 Å². The SMILES string of the molecule is c1ccc(-c2cccc(-c3ccc(N(c4ccc(-c5cccc6sc7ccccc7c56)cc4)c4cccc(-c5cccc6oc7c8ccccc8ccc7c56)c4)cc3)c2)cc1. The predicted octanol–water partition coefficient (Wildman–Crippen LogP) is 17.2. The van der Waals surface area contributed by atoms with E-state index in [1.54, 1.807) is 0 Å². The molecule has 2 heterocycles. The molecule has 0 fully saturated rings. The van der Waals surface area contributed by atoms with Gasteiger partial charge in [-0.05, 0) is 117 Å². The van der Waals surface area contributed by atoms with Gasteiger partial charge in [0.2, 0.25) is 0 Å². The van der Waals surface area contributed by atoms with E-state index >= 15 is 0 Å². The summed E-state index contributed by atoms with van der Waals surface area (Å²) >= 11 is 1.86. The Labute approximate surface area is 357 Å². The van der Waals surface area contributed by atoms with Gasteiger partial charge in [-0.15, -0.1) is 11.3 Å². The van der Waals surface area contributed by atoms with Gasteiger partial charge in [-0.2, -0.15) is 0 Å². The van der Waals surface area contributed by atoms with E-state index in [4.69, 9.17) is 4.42 Å². The standard InChI is InChI=1S/C58H37NOS/c1-2-12-38(13-3-1)42-15-8-16-43(36-42)39-26-31-45(32-27-39)59(46-33-28-41(29-34-46)48-22-11-25-55-57(48)51-20-6-7-24-54(51)61-55)47-18-9-17-44(37-47)49-21-10-23-53-56(49)52-35-30-40-14-4-5-19-50(40)58(52)60-53/h1-37H. The Kier molecular flexibility index (Phi) is 8.39. The largest absolute Gasteiger partial charge is 0.455 e. The van der Waals surface area contributed by atoms with Crippen molar-refractivity contribution in [2.24, 2.45) is 0 Å². The molecular formula is C58H37NOS. The van der Waals surface area contributed by atoms with Crippen LogP contribution in [0.1, 0.15) is 0 Å². The zero-order valence-corrected chi connectivity index (χ0v) is 33.9. The molecule has 0 aliphatic heterocycles. The summed E-state index contributed by atoms with van der Waals surface area (Å²) in [5.74, 6) is 0. The first-order valence-electron chi connectivity index (χ1n) is 20.7. The summed E-state index contributed by atoms with van der Waals surface area (Å²) in [6.45, 7) is 0. The van der Waals surface area contributed by atoms with Crippen LogP contribution in [0.2, 0.25) is 0 Å². The summed E-state index contributed by atoms with van der Waals surface area (Å²) in [5, 5.41) is 7.19. The van der Waals surface area contributed by atoms with Crippen molar-refractivity contribution >= 4 is 81.3 Å². The number of fused-ring (bicyclic) bond motifs is 8. The fourth-order valence-corrected chi connectivity index (χ4v) is 10.3. The highest BCUT2D eigenvalue weighted by Gasteiger charge is 2.19. The van der Waals surface area contributed by atoms with Crippen molar-refractivity contribution in [3.05, 3.63) is 224 Å². The molecule has 0 atom stereocenters. The van der Waals surface area contributed by atoms with Gasteiger partial charge in [0.25, 0.3) is 0 Å². The van der Waals surface area contributed by atoms with Gasteiger partial charge in [-0.3, -0.25) is 0 Å². The number of anilines is 3. The molecule has 3 heteroatoms. The minimum atomic E-state index is 0.891. The highest BCUT2D eigenvalue weighted by molar-refractivity contribution is 7.25. The van der Waals surface area contributed by atoms with E-state index in [2.05, 4.69) is 229 Å². The smallest absolute Gasteiger partial charge is 0.143 e. The quantitative estimate of drug-likeness (QED) is 0.160. The maximum absolute atomic E-state index is 6.61. The summed E-state index contributed by atoms with van der Waals surface area (Å²) in [6.07, 6.45) is 0. The fourth-order valence-electron chi connectivity index (χ4n) is 9.17. The van der Waals surface area contributed by atoms with Crippen LogP contribution in [0.25, 0.3) is 97.4 Å². The van der Waals surface area contributed by atoms with Crippen LogP contribution in [0.5, 0.6) is 0 Å². The van der Waals surface area contributed by atoms with Gasteiger partial charge in [-0.25, -0.2) is 0 Å². The number of benzene rings is 10. The minimum Gasteiger partial charge on any atom is -0.455 e. The molecule has 286 valence electrons. The molecule has 0 amide bonds. The highest BCUT2D eigenvalue weighted by Crippen LogP contribution is 2.44. The van der Waals surface area contributed by atoms with E-state index in [1.165, 1.54) is 58.9 Å². The lowest BCUT2D eigenvalue weighted by atomic mass is 9.97. The molecule has 0 aliphatic rings. The summed E-state index contributed by atoms with van der Waals surface area (Å²) in [4.78, 5) is 2.37. The molecule has 0 radical (unpaired) electrons. The second-order valence-corrected chi connectivity index (χ2v) is 16.7. The average molecular weight is 796 g/mol. The molecule has 0 saturated carbocycles. The monoisotopic (exact) mass is 795 g/mol. The third-order valence-electron chi connectivity index (χ3n) is 12.1. The fraction of sp³-hybridized carbons (Fsp3) is 0. The van der Waals surface area contributed by atoms with E-state index in [-0.39, 0.29) is 0 Å². The normalized spacial score (nSPS) is 11.6. The Morgan fingerprint density at radius 3 is 1.72 bits per heavy atom. The van der Waals surface area contributed by atoms with E-state index < -0.39 is 0 Å². The molecule has 12 rings (SSSR count). The molecule has 61 heavy (non-hydrogen) atoms. The maximum Gasteiger partial charge on any atom is 0.143 e. The topological polar surface area (TPSA) is 16.4 Å². The summed E-state index contributed by atoms with van der Waals surface area (Å²) in [6, 6.07) is 81.1. The van der Waals surface area contributed by atoms with Gasteiger partial charge in [0.15, 0.2) is 0 Å². The third kappa shape index (κ3) is 6.09. The van der Waals surface area contributed by atoms with Crippen molar-refractivity contribution in [3.63, 3.8) is 0 Å². The third-order valence-corrected chi connectivity index (χ3v) is 13.2. The van der Waals surface area contributed by atoms with Crippen LogP contribution in [0, 0.1) is 0 Å². The first-order valence-corrected chi connectivity index (χ1v) is 21.6. The van der Waals surface area contributed by atoms with Gasteiger partial charge in [0, 0.05) is 53.4 Å². The predicted molar refractivity (Wildman–Crippen MR) is 261 cm³/mol. The van der Waals surface area contributed by atoms with E-state index in [1.807, 2.05) is 11.3 Å². The number of hydrogen-bond donors (Lipinski definition) is 0. The van der Waals surface area contributed by atoms with E-state index in [9.17, 15) is 0 Å². The van der Waals surface area contributed by atoms with E-state index in [0.717, 1.165) is 55.5 Å². The van der Waals surface area contributed by atoms with E-state index in [0.29, 0.717) is 0 Å². The van der Waals surface area contributed by atoms with Crippen molar-refractivity contribution in [3.8, 4) is 44.5 Å². The Bertz CT molecular complexity index is 3580. The lowest BCUT2D eigenvalue weighted by Crippen LogP contribution is -2.10. The van der Waals surface area contributed by atoms with Crippen LogP contribution in [-0.4, -0.2) is 0 Å². The second kappa shape index (κ2) is 14.5. The van der Waals surface area contributed by atoms with Gasteiger partial charge in [0.1, 0.15) is 11.2 Å². The van der Waals surface area contributed by atoms with Crippen LogP contribution in [0.4, 0.5) is 17.1 Å². The Morgan fingerprint density at radius 1 is 0.328 bits per heavy atom. The van der Waals surface area contributed by atoms with Crippen molar-refractivity contribution in [2.45, 2.75) is 0 Å². The van der Waals surface area contributed by atoms with Gasteiger partial charge < -0.3 is 9.32 Å². The average Bonchev–Trinajstić information content (AvgIpc) is 3.92. The van der Waals surface area contributed by atoms with Crippen molar-refractivity contribution in [1.82, 2.24) is 0 Å². The molecule has 0 bridgehead atoms. The van der Waals surface area contributed by atoms with Crippen LogP contribution in [-0.2, 0) is 0 Å². The first-order chi connectivity index (χ1) is 30.2. The number of hydrogen-bond acceptors (Lipinski definition) is 3. The molecule has 2 aromatic heterocycles. The van der Waals surface area contributed by atoms with Crippen molar-refractivity contribution < 1.29 is 4.42 Å². The van der Waals surface area contributed by atoms with Crippen LogP contribution in [0.15, 0.2) is 229 Å². The molecule has 0 spiro atoms. The lowest BCUT2D eigenvalue weighted by molar-refractivity contribution is 0.673. The Balaban J connectivity index is 0.982. The van der Waals surface area contributed by atoms with Crippen molar-refractivity contribution in [2.75, 3.05) is 4.90 Å². The molecule has 0 N–H and O–H groups in total. The molecular weight excluding hydrogens is 759 g/mol. The van der Waals surface area contributed by atoms with Gasteiger partial charge >= 0.3 is 0 Å². The Morgan fingerprint density at radius 2 is 0.918 bits per heavy atom. The summed E-state index contributed by atoms with van der Waals surface area (Å²) in [7, 11) is 0. The van der Waals surface area contributed by atoms with Gasteiger partial charge in [-0.1, -0.05) is 158 Å². The number of nitrogens with zero attached hydrogens (tertiary/aromatic N) is 1. The first kappa shape index (κ1) is 35.2. The highest BCUT2D eigenvalue weighted by atomic mass is 32.1. The second-order valence-electron chi connectivity index (χ2n) is 15.6. The lowest BCUT2D eigenvalue weighted by Gasteiger charge is -2.26. The summed E-state index contributed by atoms with van der Waals surface area (Å²) < 4.78 is 9.23. The molecule has 0 unspecified atom stereocenters. The number of thiophene rings is 1. The van der Waals surface area contributed by atoms with Crippen molar-refractivity contribution in [1.29, 1.82) is 0 Å². The number of furan rings is 1. The summed E-state index contributed by atoms with van der Waals surface area (Å²) in [5.41, 5.74) is 14.6. The molecule has 0 aliphatic carbocycles. The minimum absolute atomic E-state index is 0.891. The molecule has 12 aromatic rings. The number of rotatable bonds is 7. The molecule has 10 aromatic carbocycles. The molecule has 2 nitrogen and oxygen atoms in total. The molecule has 0 saturated heterocycles. The zero-order chi connectivity index (χ0) is 40.3.